The second-order valence-electron chi connectivity index (χ2n) is 3.90. The Morgan fingerprint density at radius 1 is 0.810 bits per heavy atom. The van der Waals surface area contributed by atoms with Crippen LogP contribution in [0.2, 0.25) is 0 Å². The molecule has 0 amide bonds. The van der Waals surface area contributed by atoms with E-state index in [4.69, 9.17) is 0 Å². The van der Waals surface area contributed by atoms with Gasteiger partial charge in [0, 0.05) is 6.07 Å². The number of benzene rings is 2. The highest BCUT2D eigenvalue weighted by Crippen LogP contribution is 2.26. The van der Waals surface area contributed by atoms with Crippen molar-refractivity contribution in [2.45, 2.75) is 4.90 Å². The summed E-state index contributed by atoms with van der Waals surface area (Å²) in [6, 6.07) is 3.19. The van der Waals surface area contributed by atoms with E-state index in [0.717, 1.165) is 24.3 Å². The normalized spacial score (nSPS) is 11.5. The minimum Gasteiger partial charge on any atom is -0.274 e. The van der Waals surface area contributed by atoms with Gasteiger partial charge in [0.1, 0.15) is 11.5 Å². The molecule has 0 atom stereocenters. The summed E-state index contributed by atoms with van der Waals surface area (Å²) in [6.07, 6.45) is 0. The molecule has 2 aromatic rings. The lowest BCUT2D eigenvalue weighted by atomic mass is 10.3. The monoisotopic (exact) mass is 323 g/mol. The molecule has 0 radical (unpaired) electrons. The molecule has 0 aliphatic rings. The largest absolute Gasteiger partial charge is 0.274 e. The number of sulfonamides is 1. The van der Waals surface area contributed by atoms with Gasteiger partial charge in [-0.15, -0.1) is 0 Å². The zero-order valence-electron chi connectivity index (χ0n) is 10.0. The molecule has 21 heavy (non-hydrogen) atoms. The zero-order chi connectivity index (χ0) is 15.8. The molecule has 0 bridgehead atoms. The number of hydrogen-bond donors (Lipinski definition) is 1. The molecule has 112 valence electrons. The maximum absolute atomic E-state index is 13.4. The Kier molecular flexibility index (Phi) is 3.86. The Balaban J connectivity index is 2.49. The van der Waals surface area contributed by atoms with Gasteiger partial charge >= 0.3 is 0 Å². The highest BCUT2D eigenvalue weighted by atomic mass is 32.2. The summed E-state index contributed by atoms with van der Waals surface area (Å²) in [5.41, 5.74) is -1.49. The van der Waals surface area contributed by atoms with Gasteiger partial charge in [-0.25, -0.2) is 30.4 Å². The summed E-state index contributed by atoms with van der Waals surface area (Å²) in [5.74, 6) is -8.03. The third-order valence-corrected chi connectivity index (χ3v) is 3.84. The lowest BCUT2D eigenvalue weighted by molar-refractivity contribution is 0.459. The first kappa shape index (κ1) is 15.2. The predicted octanol–water partition coefficient (Wildman–Crippen LogP) is 3.18. The van der Waals surface area contributed by atoms with E-state index >= 15 is 0 Å². The smallest absolute Gasteiger partial charge is 0.262 e. The van der Waals surface area contributed by atoms with E-state index in [1.165, 1.54) is 4.72 Å². The molecular weight excluding hydrogens is 317 g/mol. The Labute approximate surface area is 116 Å². The number of anilines is 1. The zero-order valence-corrected chi connectivity index (χ0v) is 10.8. The Morgan fingerprint density at radius 3 is 1.76 bits per heavy atom. The van der Waals surface area contributed by atoms with Crippen LogP contribution in [0.3, 0.4) is 0 Å². The molecular formula is C12H6F5NO2S. The molecule has 2 aromatic carbocycles. The molecule has 0 aromatic heterocycles. The Bertz CT molecular complexity index is 764. The lowest BCUT2D eigenvalue weighted by Crippen LogP contribution is -2.16. The summed E-state index contributed by atoms with van der Waals surface area (Å²) < 4.78 is 90.5. The summed E-state index contributed by atoms with van der Waals surface area (Å²) in [5, 5.41) is 0. The summed E-state index contributed by atoms with van der Waals surface area (Å²) in [4.78, 5) is -0.535. The lowest BCUT2D eigenvalue weighted by Gasteiger charge is -2.10. The van der Waals surface area contributed by atoms with Crippen molar-refractivity contribution in [2.24, 2.45) is 0 Å². The standard InChI is InChI=1S/C12H6F5NO2S/c13-6-1-3-7(4-2-6)21(19,20)18-12-10(16)8(14)5-9(15)11(12)17/h1-5,18H. The van der Waals surface area contributed by atoms with Crippen LogP contribution in [0.25, 0.3) is 0 Å². The molecule has 9 heteroatoms. The van der Waals surface area contributed by atoms with Gasteiger partial charge < -0.3 is 0 Å². The average Bonchev–Trinajstić information content (AvgIpc) is 2.42. The molecule has 0 unspecified atom stereocenters. The van der Waals surface area contributed by atoms with E-state index in [1.54, 1.807) is 0 Å². The van der Waals surface area contributed by atoms with Crippen molar-refractivity contribution in [2.75, 3.05) is 4.72 Å². The van der Waals surface area contributed by atoms with Gasteiger partial charge in [-0.2, -0.15) is 0 Å². The molecule has 2 rings (SSSR count). The second-order valence-corrected chi connectivity index (χ2v) is 5.58. The van der Waals surface area contributed by atoms with Crippen LogP contribution in [0.1, 0.15) is 0 Å². The first-order valence-corrected chi connectivity index (χ1v) is 6.82. The molecule has 0 aliphatic heterocycles. The van der Waals surface area contributed by atoms with Gasteiger partial charge in [0.2, 0.25) is 0 Å². The van der Waals surface area contributed by atoms with Gasteiger partial charge in [-0.05, 0) is 24.3 Å². The molecule has 3 nitrogen and oxygen atoms in total. The van der Waals surface area contributed by atoms with Gasteiger partial charge in [0.25, 0.3) is 10.0 Å². The number of nitrogens with one attached hydrogen (secondary N) is 1. The molecule has 0 aliphatic carbocycles. The molecule has 0 fully saturated rings. The summed E-state index contributed by atoms with van der Waals surface area (Å²) in [7, 11) is -4.54. The van der Waals surface area contributed by atoms with Gasteiger partial charge in [-0.3, -0.25) is 4.72 Å². The third kappa shape index (κ3) is 2.97. The highest BCUT2D eigenvalue weighted by Gasteiger charge is 2.24. The van der Waals surface area contributed by atoms with Crippen molar-refractivity contribution in [3.8, 4) is 0 Å². The first-order valence-electron chi connectivity index (χ1n) is 5.34. The van der Waals surface area contributed by atoms with Crippen LogP contribution in [-0.2, 0) is 10.0 Å². The number of halogens is 5. The molecule has 0 spiro atoms. The van der Waals surface area contributed by atoms with Crippen molar-refractivity contribution in [1.29, 1.82) is 0 Å². The van der Waals surface area contributed by atoms with Crippen LogP contribution >= 0.6 is 0 Å². The fraction of sp³-hybridized carbons (Fsp3) is 0. The fourth-order valence-electron chi connectivity index (χ4n) is 1.47. The van der Waals surface area contributed by atoms with Gasteiger partial charge in [-0.1, -0.05) is 0 Å². The van der Waals surface area contributed by atoms with E-state index < -0.39 is 49.7 Å². The Morgan fingerprint density at radius 2 is 1.29 bits per heavy atom. The Hall–Kier alpha value is -2.16. The number of hydrogen-bond acceptors (Lipinski definition) is 2. The minimum atomic E-state index is -4.54. The van der Waals surface area contributed by atoms with Crippen molar-refractivity contribution in [3.63, 3.8) is 0 Å². The molecule has 0 saturated heterocycles. The van der Waals surface area contributed by atoms with Gasteiger partial charge in [0.05, 0.1) is 4.90 Å². The second kappa shape index (κ2) is 5.32. The van der Waals surface area contributed by atoms with Crippen LogP contribution in [0.15, 0.2) is 35.2 Å². The van der Waals surface area contributed by atoms with E-state index in [-0.39, 0.29) is 6.07 Å². The van der Waals surface area contributed by atoms with E-state index in [0.29, 0.717) is 0 Å². The van der Waals surface area contributed by atoms with Crippen LogP contribution in [0.5, 0.6) is 0 Å². The number of rotatable bonds is 3. The maximum atomic E-state index is 13.4. The van der Waals surface area contributed by atoms with Crippen LogP contribution in [-0.4, -0.2) is 8.42 Å². The van der Waals surface area contributed by atoms with Crippen LogP contribution in [0.4, 0.5) is 27.6 Å². The van der Waals surface area contributed by atoms with Crippen LogP contribution in [0, 0.1) is 29.1 Å². The topological polar surface area (TPSA) is 46.2 Å². The SMILES string of the molecule is O=S(=O)(Nc1c(F)c(F)cc(F)c1F)c1ccc(F)cc1. The van der Waals surface area contributed by atoms with Gasteiger partial charge in [0.15, 0.2) is 23.3 Å². The van der Waals surface area contributed by atoms with Crippen molar-refractivity contribution in [1.82, 2.24) is 0 Å². The average molecular weight is 323 g/mol. The fourth-order valence-corrected chi connectivity index (χ4v) is 2.53. The third-order valence-electron chi connectivity index (χ3n) is 2.47. The minimum absolute atomic E-state index is 0.0552. The highest BCUT2D eigenvalue weighted by molar-refractivity contribution is 7.92. The first-order chi connectivity index (χ1) is 9.72. The van der Waals surface area contributed by atoms with Crippen LogP contribution < -0.4 is 4.72 Å². The van der Waals surface area contributed by atoms with E-state index in [9.17, 15) is 30.4 Å². The van der Waals surface area contributed by atoms with Crippen molar-refractivity contribution >= 4 is 15.7 Å². The summed E-state index contributed by atoms with van der Waals surface area (Å²) in [6.45, 7) is 0. The van der Waals surface area contributed by atoms with E-state index in [1.807, 2.05) is 0 Å². The maximum Gasteiger partial charge on any atom is 0.262 e. The molecule has 0 heterocycles. The molecule has 1 N–H and O–H groups in total. The quantitative estimate of drug-likeness (QED) is 0.696. The summed E-state index contributed by atoms with van der Waals surface area (Å²) >= 11 is 0. The van der Waals surface area contributed by atoms with E-state index in [2.05, 4.69) is 0 Å². The van der Waals surface area contributed by atoms with Crippen molar-refractivity contribution in [3.05, 3.63) is 59.4 Å². The van der Waals surface area contributed by atoms with Crippen molar-refractivity contribution < 1.29 is 30.4 Å². The molecule has 0 saturated carbocycles. The predicted molar refractivity (Wildman–Crippen MR) is 63.5 cm³/mol.